The van der Waals surface area contributed by atoms with Crippen molar-refractivity contribution in [3.63, 3.8) is 0 Å². The van der Waals surface area contributed by atoms with Crippen molar-refractivity contribution in [2.75, 3.05) is 5.32 Å². The third kappa shape index (κ3) is 2.71. The molecule has 10 heteroatoms. The molecule has 0 spiro atoms. The maximum Gasteiger partial charge on any atom is 0.277 e. The summed E-state index contributed by atoms with van der Waals surface area (Å²) in [6, 6.07) is 0. The van der Waals surface area contributed by atoms with Crippen LogP contribution in [0.25, 0.3) is 0 Å². The number of hydrogen-bond acceptors (Lipinski definition) is 2. The van der Waals surface area contributed by atoms with Crippen LogP contribution in [0.4, 0.5) is 27.6 Å². The van der Waals surface area contributed by atoms with Gasteiger partial charge in [-0.15, -0.1) is 0 Å². The van der Waals surface area contributed by atoms with E-state index >= 15 is 0 Å². The Labute approximate surface area is 128 Å². The Kier molecular flexibility index (Phi) is 4.16. The minimum Gasteiger partial charge on any atom is -0.315 e. The molecule has 0 aliphatic rings. The molecule has 0 aliphatic heterocycles. The van der Waals surface area contributed by atoms with Crippen LogP contribution >= 0.6 is 22.6 Å². The summed E-state index contributed by atoms with van der Waals surface area (Å²) in [5.74, 6) is -11.9. The zero-order chi connectivity index (χ0) is 15.9. The number of halogens is 6. The maximum atomic E-state index is 13.4. The van der Waals surface area contributed by atoms with E-state index in [1.807, 2.05) is 0 Å². The molecule has 1 heterocycles. The Bertz CT molecular complexity index is 717. The quantitative estimate of drug-likeness (QED) is 0.354. The number of hydrogen-bond donors (Lipinski definition) is 1. The Hall–Kier alpha value is -1.72. The molecule has 1 aromatic carbocycles. The van der Waals surface area contributed by atoms with E-state index in [1.54, 1.807) is 27.9 Å². The first-order valence-corrected chi connectivity index (χ1v) is 6.33. The van der Waals surface area contributed by atoms with Gasteiger partial charge in [0.2, 0.25) is 5.82 Å². The van der Waals surface area contributed by atoms with Crippen LogP contribution in [0.3, 0.4) is 0 Å². The predicted molar refractivity (Wildman–Crippen MR) is 70.1 cm³/mol. The summed E-state index contributed by atoms with van der Waals surface area (Å²) in [5, 5.41) is 5.36. The molecule has 0 radical (unpaired) electrons. The normalized spacial score (nSPS) is 10.8. The van der Waals surface area contributed by atoms with Crippen molar-refractivity contribution < 1.29 is 26.7 Å². The highest BCUT2D eigenvalue weighted by Crippen LogP contribution is 2.27. The molecular formula is C11H5F5IN3O. The Morgan fingerprint density at radius 1 is 1.10 bits per heavy atom. The van der Waals surface area contributed by atoms with Gasteiger partial charge in [0, 0.05) is 13.2 Å². The molecule has 112 valence electrons. The van der Waals surface area contributed by atoms with E-state index in [9.17, 15) is 26.7 Å². The number of carbonyl (C=O) groups is 1. The number of benzene rings is 1. The lowest BCUT2D eigenvalue weighted by molar-refractivity contribution is 0.101. The van der Waals surface area contributed by atoms with E-state index in [0.29, 0.717) is 3.57 Å². The third-order valence-corrected chi connectivity index (χ3v) is 3.24. The number of carbonyl (C=O) groups excluding carboxylic acids is 1. The molecule has 0 saturated heterocycles. The lowest BCUT2D eigenvalue weighted by Crippen LogP contribution is -2.18. The molecule has 1 N–H and O–H groups in total. The number of anilines is 1. The minimum absolute atomic E-state index is 0.206. The largest absolute Gasteiger partial charge is 0.315 e. The zero-order valence-electron chi connectivity index (χ0n) is 10.1. The van der Waals surface area contributed by atoms with Crippen LogP contribution in [0.2, 0.25) is 0 Å². The first-order chi connectivity index (χ1) is 9.73. The van der Waals surface area contributed by atoms with E-state index in [2.05, 4.69) is 5.10 Å². The average Bonchev–Trinajstić information content (AvgIpc) is 2.78. The lowest BCUT2D eigenvalue weighted by Gasteiger charge is -2.09. The Morgan fingerprint density at radius 2 is 1.57 bits per heavy atom. The SMILES string of the molecule is Cn1cc(I)c(C(=O)Nc2c(F)c(F)c(F)c(F)c2F)n1. The van der Waals surface area contributed by atoms with Gasteiger partial charge in [0.25, 0.3) is 5.91 Å². The summed E-state index contributed by atoms with van der Waals surface area (Å²) in [5.41, 5.74) is -1.63. The second kappa shape index (κ2) is 5.58. The summed E-state index contributed by atoms with van der Waals surface area (Å²) in [6.45, 7) is 0. The van der Waals surface area contributed by atoms with E-state index in [4.69, 9.17) is 0 Å². The van der Waals surface area contributed by atoms with Crippen molar-refractivity contribution in [3.8, 4) is 0 Å². The number of rotatable bonds is 2. The van der Waals surface area contributed by atoms with Gasteiger partial charge in [-0.2, -0.15) is 5.10 Å². The standard InChI is InChI=1S/C11H5F5IN3O/c1-20-2-3(17)9(19-20)11(21)18-10-7(15)5(13)4(12)6(14)8(10)16/h2H,1H3,(H,18,21). The Morgan fingerprint density at radius 3 is 2.00 bits per heavy atom. The first-order valence-electron chi connectivity index (χ1n) is 5.26. The lowest BCUT2D eigenvalue weighted by atomic mass is 10.2. The van der Waals surface area contributed by atoms with Crippen LogP contribution in [-0.4, -0.2) is 15.7 Å². The highest BCUT2D eigenvalue weighted by molar-refractivity contribution is 14.1. The molecule has 0 saturated carbocycles. The van der Waals surface area contributed by atoms with Crippen LogP contribution in [0, 0.1) is 32.7 Å². The van der Waals surface area contributed by atoms with Gasteiger partial charge in [-0.3, -0.25) is 9.48 Å². The number of aryl methyl sites for hydroxylation is 1. The smallest absolute Gasteiger partial charge is 0.277 e. The van der Waals surface area contributed by atoms with Crippen LogP contribution < -0.4 is 5.32 Å². The molecule has 0 unspecified atom stereocenters. The summed E-state index contributed by atoms with van der Waals surface area (Å²) in [7, 11) is 1.50. The maximum absolute atomic E-state index is 13.4. The monoisotopic (exact) mass is 417 g/mol. The van der Waals surface area contributed by atoms with Crippen molar-refractivity contribution in [2.45, 2.75) is 0 Å². The third-order valence-electron chi connectivity index (χ3n) is 2.45. The van der Waals surface area contributed by atoms with Crippen molar-refractivity contribution >= 4 is 34.2 Å². The molecule has 0 aliphatic carbocycles. The highest BCUT2D eigenvalue weighted by Gasteiger charge is 2.28. The van der Waals surface area contributed by atoms with E-state index in [1.165, 1.54) is 17.9 Å². The topological polar surface area (TPSA) is 46.9 Å². The fourth-order valence-electron chi connectivity index (χ4n) is 1.50. The van der Waals surface area contributed by atoms with Gasteiger partial charge in [0.1, 0.15) is 5.69 Å². The molecule has 2 rings (SSSR count). The number of nitrogens with zero attached hydrogens (tertiary/aromatic N) is 2. The van der Waals surface area contributed by atoms with Crippen LogP contribution in [0.1, 0.15) is 10.5 Å². The molecule has 1 amide bonds. The number of aromatic nitrogens is 2. The van der Waals surface area contributed by atoms with Gasteiger partial charge in [-0.05, 0) is 22.6 Å². The fraction of sp³-hybridized carbons (Fsp3) is 0.0909. The second-order valence-corrected chi connectivity index (χ2v) is 5.06. The minimum atomic E-state index is -2.30. The summed E-state index contributed by atoms with van der Waals surface area (Å²) < 4.78 is 67.3. The van der Waals surface area contributed by atoms with Crippen molar-refractivity contribution in [1.29, 1.82) is 0 Å². The number of amides is 1. The van der Waals surface area contributed by atoms with Crippen LogP contribution in [0.15, 0.2) is 6.20 Å². The Balaban J connectivity index is 2.45. The van der Waals surface area contributed by atoms with Gasteiger partial charge < -0.3 is 5.32 Å². The zero-order valence-corrected chi connectivity index (χ0v) is 12.3. The molecule has 0 bridgehead atoms. The van der Waals surface area contributed by atoms with E-state index < -0.39 is 40.7 Å². The van der Waals surface area contributed by atoms with Crippen molar-refractivity contribution in [1.82, 2.24) is 9.78 Å². The predicted octanol–water partition coefficient (Wildman–Crippen LogP) is 2.97. The van der Waals surface area contributed by atoms with Gasteiger partial charge in [-0.25, -0.2) is 22.0 Å². The van der Waals surface area contributed by atoms with E-state index in [0.717, 1.165) is 0 Å². The summed E-state index contributed by atoms with van der Waals surface area (Å²) >= 11 is 1.74. The molecule has 4 nitrogen and oxygen atoms in total. The summed E-state index contributed by atoms with van der Waals surface area (Å²) in [6.07, 6.45) is 1.44. The highest BCUT2D eigenvalue weighted by atomic mass is 127. The number of nitrogens with one attached hydrogen (secondary N) is 1. The fourth-order valence-corrected chi connectivity index (χ4v) is 2.26. The molecule has 0 fully saturated rings. The molecule has 2 aromatic rings. The van der Waals surface area contributed by atoms with Crippen molar-refractivity contribution in [2.24, 2.45) is 7.05 Å². The van der Waals surface area contributed by atoms with E-state index in [-0.39, 0.29) is 5.69 Å². The van der Waals surface area contributed by atoms with Gasteiger partial charge in [0.05, 0.1) is 3.57 Å². The first kappa shape index (κ1) is 15.7. The van der Waals surface area contributed by atoms with Crippen LogP contribution in [0.5, 0.6) is 0 Å². The van der Waals surface area contributed by atoms with Gasteiger partial charge in [0.15, 0.2) is 29.0 Å². The second-order valence-electron chi connectivity index (χ2n) is 3.90. The van der Waals surface area contributed by atoms with Crippen LogP contribution in [-0.2, 0) is 7.05 Å². The molecule has 1 aromatic heterocycles. The van der Waals surface area contributed by atoms with Gasteiger partial charge in [-0.1, -0.05) is 0 Å². The summed E-state index contributed by atoms with van der Waals surface area (Å²) in [4.78, 5) is 11.8. The molecular weight excluding hydrogens is 412 g/mol. The average molecular weight is 417 g/mol. The van der Waals surface area contributed by atoms with Crippen molar-refractivity contribution in [3.05, 3.63) is 44.5 Å². The molecule has 0 atom stereocenters. The van der Waals surface area contributed by atoms with Gasteiger partial charge >= 0.3 is 0 Å². The molecule has 21 heavy (non-hydrogen) atoms.